The maximum atomic E-state index is 9.11. The Morgan fingerprint density at radius 1 is 1.38 bits per heavy atom. The number of hydrogen-bond donors (Lipinski definition) is 2. The molecule has 0 saturated heterocycles. The summed E-state index contributed by atoms with van der Waals surface area (Å²) >= 11 is 0. The van der Waals surface area contributed by atoms with Crippen LogP contribution in [-0.4, -0.2) is 18.4 Å². The van der Waals surface area contributed by atoms with Gasteiger partial charge in [0.2, 0.25) is 0 Å². The highest BCUT2D eigenvalue weighted by Crippen LogP contribution is 2.20. The topological polar surface area (TPSA) is 41.5 Å². The number of aliphatic hydroxyl groups excluding tert-OH is 1. The lowest BCUT2D eigenvalue weighted by molar-refractivity contribution is 0.224. The average Bonchev–Trinajstić information content (AvgIpc) is 2.01. The number of rotatable bonds is 3. The molecule has 1 unspecified atom stereocenters. The predicted molar refractivity (Wildman–Crippen MR) is 53.0 cm³/mol. The molecular formula is C10H15NO2. The third kappa shape index (κ3) is 2.95. The first kappa shape index (κ1) is 9.86. The monoisotopic (exact) mass is 181 g/mol. The highest BCUT2D eigenvalue weighted by Gasteiger charge is 1.99. The van der Waals surface area contributed by atoms with Crippen molar-refractivity contribution in [3.05, 3.63) is 23.8 Å². The summed E-state index contributed by atoms with van der Waals surface area (Å²) in [7, 11) is 1.63. The van der Waals surface area contributed by atoms with Crippen LogP contribution in [-0.2, 0) is 0 Å². The van der Waals surface area contributed by atoms with Crippen molar-refractivity contribution in [3.63, 3.8) is 0 Å². The van der Waals surface area contributed by atoms with Crippen LogP contribution in [0, 0.1) is 6.92 Å². The molecule has 0 aliphatic heterocycles. The largest absolute Gasteiger partial charge is 0.497 e. The number of anilines is 1. The van der Waals surface area contributed by atoms with Crippen LogP contribution in [0.1, 0.15) is 12.5 Å². The van der Waals surface area contributed by atoms with Gasteiger partial charge in [0.1, 0.15) is 12.0 Å². The van der Waals surface area contributed by atoms with Crippen LogP contribution >= 0.6 is 0 Å². The fourth-order valence-corrected chi connectivity index (χ4v) is 1.19. The third-order valence-corrected chi connectivity index (χ3v) is 1.66. The second kappa shape index (κ2) is 4.14. The van der Waals surface area contributed by atoms with E-state index < -0.39 is 6.23 Å². The molecule has 0 heterocycles. The molecule has 1 atom stereocenters. The van der Waals surface area contributed by atoms with E-state index >= 15 is 0 Å². The zero-order valence-corrected chi connectivity index (χ0v) is 8.16. The summed E-state index contributed by atoms with van der Waals surface area (Å²) in [6, 6.07) is 5.74. The van der Waals surface area contributed by atoms with E-state index in [1.54, 1.807) is 14.0 Å². The van der Waals surface area contributed by atoms with Crippen LogP contribution in [0.3, 0.4) is 0 Å². The zero-order valence-electron chi connectivity index (χ0n) is 8.16. The predicted octanol–water partition coefficient (Wildman–Crippen LogP) is 1.75. The van der Waals surface area contributed by atoms with Crippen molar-refractivity contribution in [1.82, 2.24) is 0 Å². The van der Waals surface area contributed by atoms with E-state index in [1.165, 1.54) is 0 Å². The van der Waals surface area contributed by atoms with Gasteiger partial charge < -0.3 is 15.2 Å². The van der Waals surface area contributed by atoms with Crippen LogP contribution in [0.25, 0.3) is 0 Å². The minimum atomic E-state index is -0.550. The number of methoxy groups -OCH3 is 1. The summed E-state index contributed by atoms with van der Waals surface area (Å²) in [5, 5.41) is 12.0. The lowest BCUT2D eigenvalue weighted by Crippen LogP contribution is -2.13. The Morgan fingerprint density at radius 3 is 2.62 bits per heavy atom. The first-order valence-corrected chi connectivity index (χ1v) is 4.22. The second-order valence-electron chi connectivity index (χ2n) is 3.06. The van der Waals surface area contributed by atoms with Gasteiger partial charge in [0, 0.05) is 11.8 Å². The molecule has 0 amide bonds. The Morgan fingerprint density at radius 2 is 2.08 bits per heavy atom. The Bertz CT molecular complexity index is 284. The van der Waals surface area contributed by atoms with Crippen LogP contribution in [0.4, 0.5) is 5.69 Å². The van der Waals surface area contributed by atoms with Crippen molar-refractivity contribution in [2.24, 2.45) is 0 Å². The van der Waals surface area contributed by atoms with Crippen molar-refractivity contribution in [2.75, 3.05) is 12.4 Å². The highest BCUT2D eigenvalue weighted by atomic mass is 16.5. The van der Waals surface area contributed by atoms with Crippen LogP contribution in [0.5, 0.6) is 5.75 Å². The van der Waals surface area contributed by atoms with Gasteiger partial charge in [0.15, 0.2) is 0 Å². The molecule has 3 heteroatoms. The Kier molecular flexibility index (Phi) is 3.14. The van der Waals surface area contributed by atoms with Gasteiger partial charge in [-0.2, -0.15) is 0 Å². The molecule has 0 fully saturated rings. The first-order chi connectivity index (χ1) is 6.11. The summed E-state index contributed by atoms with van der Waals surface area (Å²) in [4.78, 5) is 0. The molecule has 3 nitrogen and oxygen atoms in total. The van der Waals surface area contributed by atoms with Gasteiger partial charge in [0.25, 0.3) is 0 Å². The average molecular weight is 181 g/mol. The van der Waals surface area contributed by atoms with Gasteiger partial charge in [-0.05, 0) is 31.5 Å². The molecule has 0 spiro atoms. The summed E-state index contributed by atoms with van der Waals surface area (Å²) < 4.78 is 5.10. The number of hydrogen-bond acceptors (Lipinski definition) is 3. The van der Waals surface area contributed by atoms with E-state index in [0.717, 1.165) is 17.0 Å². The van der Waals surface area contributed by atoms with Crippen LogP contribution < -0.4 is 10.1 Å². The summed E-state index contributed by atoms with van der Waals surface area (Å²) in [5.41, 5.74) is 1.97. The van der Waals surface area contributed by atoms with Crippen molar-refractivity contribution >= 4 is 5.69 Å². The third-order valence-electron chi connectivity index (χ3n) is 1.66. The van der Waals surface area contributed by atoms with E-state index in [1.807, 2.05) is 25.1 Å². The molecule has 72 valence electrons. The van der Waals surface area contributed by atoms with Crippen LogP contribution in [0.2, 0.25) is 0 Å². The number of aryl methyl sites for hydroxylation is 1. The first-order valence-electron chi connectivity index (χ1n) is 4.22. The summed E-state index contributed by atoms with van der Waals surface area (Å²) in [5.74, 6) is 0.795. The minimum Gasteiger partial charge on any atom is -0.497 e. The van der Waals surface area contributed by atoms with E-state index in [0.29, 0.717) is 0 Å². The lowest BCUT2D eigenvalue weighted by atomic mass is 10.2. The molecule has 1 aromatic carbocycles. The smallest absolute Gasteiger partial charge is 0.121 e. The molecule has 0 saturated carbocycles. The molecule has 1 rings (SSSR count). The van der Waals surface area contributed by atoms with Gasteiger partial charge in [-0.25, -0.2) is 0 Å². The SMILES string of the molecule is COc1cc(C)cc(NC(C)O)c1. The number of benzene rings is 1. The van der Waals surface area contributed by atoms with Gasteiger partial charge in [-0.1, -0.05) is 0 Å². The molecular weight excluding hydrogens is 166 g/mol. The molecule has 13 heavy (non-hydrogen) atoms. The van der Waals surface area contributed by atoms with Gasteiger partial charge in [0.05, 0.1) is 7.11 Å². The number of ether oxygens (including phenoxy) is 1. The highest BCUT2D eigenvalue weighted by molar-refractivity contribution is 5.51. The normalized spacial score (nSPS) is 12.3. The van der Waals surface area contributed by atoms with E-state index in [9.17, 15) is 0 Å². The molecule has 0 aliphatic rings. The number of aliphatic hydroxyl groups is 1. The second-order valence-corrected chi connectivity index (χ2v) is 3.06. The van der Waals surface area contributed by atoms with E-state index in [-0.39, 0.29) is 0 Å². The van der Waals surface area contributed by atoms with E-state index in [2.05, 4.69) is 5.32 Å². The standard InChI is InChI=1S/C10H15NO2/c1-7-4-9(11-8(2)12)6-10(5-7)13-3/h4-6,8,11-12H,1-3H3. The minimum absolute atomic E-state index is 0.550. The molecule has 0 radical (unpaired) electrons. The zero-order chi connectivity index (χ0) is 9.84. The van der Waals surface area contributed by atoms with Gasteiger partial charge in [-0.15, -0.1) is 0 Å². The molecule has 2 N–H and O–H groups in total. The Labute approximate surface area is 78.3 Å². The van der Waals surface area contributed by atoms with Crippen molar-refractivity contribution in [1.29, 1.82) is 0 Å². The van der Waals surface area contributed by atoms with Gasteiger partial charge in [-0.3, -0.25) is 0 Å². The molecule has 0 bridgehead atoms. The quantitative estimate of drug-likeness (QED) is 0.698. The van der Waals surface area contributed by atoms with E-state index in [4.69, 9.17) is 9.84 Å². The summed E-state index contributed by atoms with van der Waals surface area (Å²) in [6.07, 6.45) is -0.550. The molecule has 0 aliphatic carbocycles. The maximum absolute atomic E-state index is 9.11. The molecule has 0 aromatic heterocycles. The fourth-order valence-electron chi connectivity index (χ4n) is 1.19. The van der Waals surface area contributed by atoms with Gasteiger partial charge >= 0.3 is 0 Å². The van der Waals surface area contributed by atoms with Crippen LogP contribution in [0.15, 0.2) is 18.2 Å². The molecule has 1 aromatic rings. The Balaban J connectivity index is 2.88. The van der Waals surface area contributed by atoms with Crippen molar-refractivity contribution in [3.8, 4) is 5.75 Å². The fraction of sp³-hybridized carbons (Fsp3) is 0.400. The maximum Gasteiger partial charge on any atom is 0.121 e. The van der Waals surface area contributed by atoms with Crippen molar-refractivity contribution in [2.45, 2.75) is 20.1 Å². The number of nitrogens with one attached hydrogen (secondary N) is 1. The van der Waals surface area contributed by atoms with Crippen molar-refractivity contribution < 1.29 is 9.84 Å². The Hall–Kier alpha value is -1.22. The summed E-state index contributed by atoms with van der Waals surface area (Å²) in [6.45, 7) is 3.66. The lowest BCUT2D eigenvalue weighted by Gasteiger charge is -2.11.